The summed E-state index contributed by atoms with van der Waals surface area (Å²) in [6, 6.07) is 2.15. The van der Waals surface area contributed by atoms with Gasteiger partial charge in [-0.1, -0.05) is 12.2 Å². The summed E-state index contributed by atoms with van der Waals surface area (Å²) in [5, 5.41) is 4.27. The lowest BCUT2D eigenvalue weighted by molar-refractivity contribution is 1.19. The summed E-state index contributed by atoms with van der Waals surface area (Å²) in [6.07, 6.45) is 6.32. The van der Waals surface area contributed by atoms with Crippen LogP contribution < -0.4 is 0 Å². The molecule has 0 saturated carbocycles. The Labute approximate surface area is 76.5 Å². The molecule has 60 valence electrons. The summed E-state index contributed by atoms with van der Waals surface area (Å²) in [5.41, 5.74) is 1.39. The van der Waals surface area contributed by atoms with Crippen molar-refractivity contribution in [3.63, 3.8) is 0 Å². The minimum absolute atomic E-state index is 0.722. The molecule has 1 aromatic heterocycles. The predicted octanol–water partition coefficient (Wildman–Crippen LogP) is 3.48. The first-order valence-corrected chi connectivity index (χ1v) is 5.13. The number of rotatable bonds is 4. The Hall–Kier alpha value is -0.270. The number of allylic oxidation sites excluding steroid dienone is 2. The fourth-order valence-electron chi connectivity index (χ4n) is 0.809. The van der Waals surface area contributed by atoms with Gasteiger partial charge in [-0.2, -0.15) is 11.3 Å². The number of alkyl halides is 1. The van der Waals surface area contributed by atoms with Crippen LogP contribution in [0.2, 0.25) is 0 Å². The Morgan fingerprint density at radius 1 is 1.45 bits per heavy atom. The maximum atomic E-state index is 5.51. The zero-order valence-corrected chi connectivity index (χ0v) is 7.87. The highest BCUT2D eigenvalue weighted by Crippen LogP contribution is 2.06. The third-order valence-corrected chi connectivity index (χ3v) is 2.33. The molecule has 0 N–H and O–H groups in total. The fraction of sp³-hybridized carbons (Fsp3) is 0.333. The minimum Gasteiger partial charge on any atom is -0.152 e. The van der Waals surface area contributed by atoms with Crippen LogP contribution in [0.15, 0.2) is 29.0 Å². The van der Waals surface area contributed by atoms with Gasteiger partial charge in [-0.25, -0.2) is 0 Å². The lowest BCUT2D eigenvalue weighted by atomic mass is 10.2. The lowest BCUT2D eigenvalue weighted by Crippen LogP contribution is -1.74. The second-order valence-corrected chi connectivity index (χ2v) is 3.44. The molecule has 1 rings (SSSR count). The van der Waals surface area contributed by atoms with Gasteiger partial charge in [0.1, 0.15) is 0 Å². The molecule has 0 aliphatic carbocycles. The summed E-state index contributed by atoms with van der Waals surface area (Å²) in [5.74, 6) is 0.722. The van der Waals surface area contributed by atoms with Crippen LogP contribution in [-0.4, -0.2) is 5.88 Å². The molecule has 0 amide bonds. The average molecular weight is 187 g/mol. The van der Waals surface area contributed by atoms with Crippen LogP contribution in [0.25, 0.3) is 0 Å². The van der Waals surface area contributed by atoms with Crippen LogP contribution >= 0.6 is 22.9 Å². The second-order valence-electron chi connectivity index (χ2n) is 2.28. The zero-order valence-electron chi connectivity index (χ0n) is 6.29. The second kappa shape index (κ2) is 5.39. The number of hydrogen-bond acceptors (Lipinski definition) is 1. The number of hydrogen-bond donors (Lipinski definition) is 0. The smallest absolute Gasteiger partial charge is 0.0258 e. The lowest BCUT2D eigenvalue weighted by Gasteiger charge is -1.86. The number of halogens is 1. The first kappa shape index (κ1) is 8.82. The van der Waals surface area contributed by atoms with Gasteiger partial charge >= 0.3 is 0 Å². The van der Waals surface area contributed by atoms with Crippen LogP contribution in [0.1, 0.15) is 12.0 Å². The van der Waals surface area contributed by atoms with E-state index in [-0.39, 0.29) is 0 Å². The largest absolute Gasteiger partial charge is 0.152 e. The van der Waals surface area contributed by atoms with Gasteiger partial charge < -0.3 is 0 Å². The molecule has 0 spiro atoms. The van der Waals surface area contributed by atoms with Gasteiger partial charge in [0.25, 0.3) is 0 Å². The Morgan fingerprint density at radius 2 is 2.36 bits per heavy atom. The molecule has 1 aromatic rings. The SMILES string of the molecule is ClCCC=CCc1ccsc1. The normalized spacial score (nSPS) is 11.0. The van der Waals surface area contributed by atoms with E-state index in [2.05, 4.69) is 29.0 Å². The van der Waals surface area contributed by atoms with E-state index in [1.54, 1.807) is 11.3 Å². The van der Waals surface area contributed by atoms with Gasteiger partial charge in [0.2, 0.25) is 0 Å². The van der Waals surface area contributed by atoms with Crippen LogP contribution in [0, 0.1) is 0 Å². The van der Waals surface area contributed by atoms with E-state index in [1.165, 1.54) is 5.56 Å². The molecule has 0 bridgehead atoms. The standard InChI is InChI=1S/C9H11ClS/c10-6-3-1-2-4-9-5-7-11-8-9/h1-2,5,7-8H,3-4,6H2. The van der Waals surface area contributed by atoms with Crippen LogP contribution in [0.5, 0.6) is 0 Å². The highest BCUT2D eigenvalue weighted by molar-refractivity contribution is 7.07. The topological polar surface area (TPSA) is 0 Å². The molecule has 0 radical (unpaired) electrons. The van der Waals surface area contributed by atoms with E-state index >= 15 is 0 Å². The Balaban J connectivity index is 2.23. The quantitative estimate of drug-likeness (QED) is 0.499. The summed E-state index contributed by atoms with van der Waals surface area (Å²) in [7, 11) is 0. The Kier molecular flexibility index (Phi) is 4.32. The summed E-state index contributed by atoms with van der Waals surface area (Å²) < 4.78 is 0. The van der Waals surface area contributed by atoms with Crippen LogP contribution in [-0.2, 0) is 6.42 Å². The molecule has 2 heteroatoms. The molecular weight excluding hydrogens is 176 g/mol. The molecular formula is C9H11ClS. The van der Waals surface area contributed by atoms with Crippen LogP contribution in [0.3, 0.4) is 0 Å². The zero-order chi connectivity index (χ0) is 7.94. The number of thiophene rings is 1. The Bertz CT molecular complexity index is 201. The van der Waals surface area contributed by atoms with E-state index in [4.69, 9.17) is 11.6 Å². The van der Waals surface area contributed by atoms with Crippen molar-refractivity contribution >= 4 is 22.9 Å². The van der Waals surface area contributed by atoms with Gasteiger partial charge in [-0.3, -0.25) is 0 Å². The molecule has 0 fully saturated rings. The molecule has 0 unspecified atom stereocenters. The summed E-state index contributed by atoms with van der Waals surface area (Å²) >= 11 is 7.26. The van der Waals surface area contributed by atoms with E-state index in [1.807, 2.05) is 0 Å². The highest BCUT2D eigenvalue weighted by Gasteiger charge is 1.86. The van der Waals surface area contributed by atoms with Gasteiger partial charge in [0, 0.05) is 5.88 Å². The maximum Gasteiger partial charge on any atom is 0.0258 e. The first-order valence-electron chi connectivity index (χ1n) is 3.65. The van der Waals surface area contributed by atoms with E-state index in [9.17, 15) is 0 Å². The predicted molar refractivity (Wildman–Crippen MR) is 52.5 cm³/mol. The third kappa shape index (κ3) is 3.59. The van der Waals surface area contributed by atoms with Crippen molar-refractivity contribution in [3.8, 4) is 0 Å². The molecule has 0 aromatic carbocycles. The molecule has 0 aliphatic rings. The Morgan fingerprint density at radius 3 is 3.00 bits per heavy atom. The highest BCUT2D eigenvalue weighted by atomic mass is 35.5. The van der Waals surface area contributed by atoms with Gasteiger partial charge in [0.15, 0.2) is 0 Å². The van der Waals surface area contributed by atoms with E-state index < -0.39 is 0 Å². The molecule has 0 atom stereocenters. The summed E-state index contributed by atoms with van der Waals surface area (Å²) in [4.78, 5) is 0. The van der Waals surface area contributed by atoms with Crippen molar-refractivity contribution in [2.45, 2.75) is 12.8 Å². The van der Waals surface area contributed by atoms with Crippen molar-refractivity contribution in [1.29, 1.82) is 0 Å². The fourth-order valence-corrected chi connectivity index (χ4v) is 1.62. The first-order chi connectivity index (χ1) is 5.43. The molecule has 11 heavy (non-hydrogen) atoms. The summed E-state index contributed by atoms with van der Waals surface area (Å²) in [6.45, 7) is 0. The van der Waals surface area contributed by atoms with Crippen molar-refractivity contribution in [2.75, 3.05) is 5.88 Å². The minimum atomic E-state index is 0.722. The van der Waals surface area contributed by atoms with Gasteiger partial charge in [-0.05, 0) is 35.2 Å². The van der Waals surface area contributed by atoms with E-state index in [0.29, 0.717) is 0 Å². The molecule has 0 nitrogen and oxygen atoms in total. The maximum absolute atomic E-state index is 5.51. The van der Waals surface area contributed by atoms with Gasteiger partial charge in [-0.15, -0.1) is 11.6 Å². The monoisotopic (exact) mass is 186 g/mol. The average Bonchev–Trinajstić information content (AvgIpc) is 2.50. The molecule has 0 saturated heterocycles. The molecule has 0 aliphatic heterocycles. The van der Waals surface area contributed by atoms with Gasteiger partial charge in [0.05, 0.1) is 0 Å². The van der Waals surface area contributed by atoms with Crippen molar-refractivity contribution in [1.82, 2.24) is 0 Å². The van der Waals surface area contributed by atoms with E-state index in [0.717, 1.165) is 18.7 Å². The van der Waals surface area contributed by atoms with Crippen molar-refractivity contribution in [2.24, 2.45) is 0 Å². The third-order valence-electron chi connectivity index (χ3n) is 1.38. The molecule has 1 heterocycles. The van der Waals surface area contributed by atoms with Crippen molar-refractivity contribution < 1.29 is 0 Å². The van der Waals surface area contributed by atoms with Crippen LogP contribution in [0.4, 0.5) is 0 Å². The van der Waals surface area contributed by atoms with Crippen molar-refractivity contribution in [3.05, 3.63) is 34.5 Å².